The van der Waals surface area contributed by atoms with E-state index in [2.05, 4.69) is 14.8 Å². The van der Waals surface area contributed by atoms with Crippen molar-refractivity contribution in [2.75, 3.05) is 14.8 Å². The summed E-state index contributed by atoms with van der Waals surface area (Å²) in [6.45, 7) is 0. The zero-order valence-electron chi connectivity index (χ0n) is 18.6. The molecule has 0 aliphatic rings. The lowest BCUT2D eigenvalue weighted by atomic mass is 10.2. The smallest absolute Gasteiger partial charge is 0.261 e. The molecule has 0 spiro atoms. The van der Waals surface area contributed by atoms with Crippen molar-refractivity contribution in [2.24, 2.45) is 0 Å². The Kier molecular flexibility index (Phi) is 7.30. The van der Waals surface area contributed by atoms with Crippen molar-refractivity contribution in [3.8, 4) is 0 Å². The summed E-state index contributed by atoms with van der Waals surface area (Å²) >= 11 is 6.02. The first-order valence-electron chi connectivity index (χ1n) is 10.5. The summed E-state index contributed by atoms with van der Waals surface area (Å²) in [6.07, 6.45) is 0. The Balaban J connectivity index is 1.40. The molecule has 0 aromatic heterocycles. The van der Waals surface area contributed by atoms with Crippen LogP contribution in [-0.2, 0) is 20.0 Å². The predicted octanol–water partition coefficient (Wildman–Crippen LogP) is 5.19. The zero-order valence-corrected chi connectivity index (χ0v) is 20.9. The van der Waals surface area contributed by atoms with Crippen LogP contribution in [0.3, 0.4) is 0 Å². The van der Waals surface area contributed by atoms with E-state index in [0.29, 0.717) is 11.4 Å². The van der Waals surface area contributed by atoms with Crippen LogP contribution in [0.1, 0.15) is 10.4 Å². The number of carbonyl (C=O) groups excluding carboxylic acids is 1. The number of hydrogen-bond acceptors (Lipinski definition) is 5. The molecule has 0 saturated heterocycles. The van der Waals surface area contributed by atoms with Crippen molar-refractivity contribution in [1.82, 2.24) is 0 Å². The van der Waals surface area contributed by atoms with E-state index in [0.717, 1.165) is 0 Å². The van der Waals surface area contributed by atoms with Gasteiger partial charge >= 0.3 is 0 Å². The quantitative estimate of drug-likeness (QED) is 0.283. The summed E-state index contributed by atoms with van der Waals surface area (Å²) in [6, 6.07) is 25.9. The van der Waals surface area contributed by atoms with Crippen LogP contribution in [-0.4, -0.2) is 22.7 Å². The molecule has 0 radical (unpaired) electrons. The molecule has 4 aromatic carbocycles. The molecule has 3 N–H and O–H groups in total. The normalized spacial score (nSPS) is 11.5. The monoisotopic (exact) mass is 541 g/mol. The van der Waals surface area contributed by atoms with Crippen molar-refractivity contribution in [2.45, 2.75) is 9.79 Å². The fourth-order valence-corrected chi connectivity index (χ4v) is 5.57. The van der Waals surface area contributed by atoms with Gasteiger partial charge in [-0.25, -0.2) is 16.8 Å². The molecule has 0 bridgehead atoms. The van der Waals surface area contributed by atoms with Crippen molar-refractivity contribution >= 4 is 54.6 Å². The van der Waals surface area contributed by atoms with Gasteiger partial charge in [-0.3, -0.25) is 14.2 Å². The molecule has 0 heterocycles. The first-order valence-corrected chi connectivity index (χ1v) is 13.9. The second-order valence-electron chi connectivity index (χ2n) is 7.56. The third-order valence-corrected chi connectivity index (χ3v) is 8.10. The average molecular weight is 542 g/mol. The molecule has 0 atom stereocenters. The van der Waals surface area contributed by atoms with Gasteiger partial charge in [0.2, 0.25) is 0 Å². The van der Waals surface area contributed by atoms with Gasteiger partial charge in [-0.2, -0.15) is 0 Å². The van der Waals surface area contributed by atoms with Gasteiger partial charge in [0.05, 0.1) is 20.5 Å². The fraction of sp³-hybridized carbons (Fsp3) is 0. The molecule has 184 valence electrons. The summed E-state index contributed by atoms with van der Waals surface area (Å²) in [5.41, 5.74) is 1.22. The fourth-order valence-electron chi connectivity index (χ4n) is 3.17. The number of carbonyl (C=O) groups is 1. The van der Waals surface area contributed by atoms with E-state index in [9.17, 15) is 21.6 Å². The van der Waals surface area contributed by atoms with E-state index in [1.54, 1.807) is 42.5 Å². The van der Waals surface area contributed by atoms with E-state index in [1.807, 2.05) is 0 Å². The molecule has 0 fully saturated rings. The van der Waals surface area contributed by atoms with Crippen molar-refractivity contribution in [3.05, 3.63) is 114 Å². The van der Waals surface area contributed by atoms with Crippen LogP contribution in [0.15, 0.2) is 113 Å². The van der Waals surface area contributed by atoms with Crippen LogP contribution >= 0.6 is 11.6 Å². The van der Waals surface area contributed by atoms with Crippen LogP contribution in [0, 0.1) is 0 Å². The number of anilines is 3. The minimum Gasteiger partial charge on any atom is -0.322 e. The summed E-state index contributed by atoms with van der Waals surface area (Å²) in [7, 11) is -7.62. The maximum Gasteiger partial charge on any atom is 0.261 e. The lowest BCUT2D eigenvalue weighted by Gasteiger charge is -2.11. The minimum atomic E-state index is -3.88. The van der Waals surface area contributed by atoms with Crippen LogP contribution in [0.5, 0.6) is 0 Å². The van der Waals surface area contributed by atoms with Crippen LogP contribution in [0.25, 0.3) is 0 Å². The first kappa shape index (κ1) is 25.2. The number of para-hydroxylation sites is 1. The molecule has 0 aliphatic carbocycles. The van der Waals surface area contributed by atoms with Gasteiger partial charge in [-0.15, -0.1) is 0 Å². The maximum atomic E-state index is 12.6. The molecule has 36 heavy (non-hydrogen) atoms. The SMILES string of the molecule is O=C(Nc1ccc(S(=O)(=O)Nc2ccccc2Cl)cc1)c1ccc(NS(=O)(=O)c2ccccc2)cc1. The molecular formula is C25H20ClN3O5S2. The summed E-state index contributed by atoms with van der Waals surface area (Å²) in [5.74, 6) is -0.447. The summed E-state index contributed by atoms with van der Waals surface area (Å²) in [4.78, 5) is 12.7. The third-order valence-electron chi connectivity index (χ3n) is 4.99. The topological polar surface area (TPSA) is 121 Å². The van der Waals surface area contributed by atoms with Gasteiger partial charge in [0.1, 0.15) is 0 Å². The van der Waals surface area contributed by atoms with Crippen LogP contribution < -0.4 is 14.8 Å². The van der Waals surface area contributed by atoms with E-state index >= 15 is 0 Å². The highest BCUT2D eigenvalue weighted by atomic mass is 35.5. The number of halogens is 1. The molecule has 0 saturated carbocycles. The highest BCUT2D eigenvalue weighted by Crippen LogP contribution is 2.25. The molecule has 4 rings (SSSR count). The third kappa shape index (κ3) is 6.03. The summed E-state index contributed by atoms with van der Waals surface area (Å²) in [5, 5.41) is 2.94. The highest BCUT2D eigenvalue weighted by Gasteiger charge is 2.17. The Hall–Kier alpha value is -3.86. The van der Waals surface area contributed by atoms with E-state index in [1.165, 1.54) is 60.7 Å². The van der Waals surface area contributed by atoms with Gasteiger partial charge in [-0.05, 0) is 72.8 Å². The minimum absolute atomic E-state index is 0.00419. The van der Waals surface area contributed by atoms with Gasteiger partial charge in [0.15, 0.2) is 0 Å². The Labute approximate surface area is 214 Å². The van der Waals surface area contributed by atoms with Gasteiger partial charge in [0.25, 0.3) is 26.0 Å². The zero-order chi connectivity index (χ0) is 25.8. The number of nitrogens with one attached hydrogen (secondary N) is 3. The molecular weight excluding hydrogens is 522 g/mol. The maximum absolute atomic E-state index is 12.6. The van der Waals surface area contributed by atoms with Gasteiger partial charge in [-0.1, -0.05) is 41.9 Å². The predicted molar refractivity (Wildman–Crippen MR) is 140 cm³/mol. The Morgan fingerprint density at radius 2 is 1.11 bits per heavy atom. The van der Waals surface area contributed by atoms with Gasteiger partial charge in [0, 0.05) is 16.9 Å². The van der Waals surface area contributed by atoms with Crippen LogP contribution in [0.4, 0.5) is 17.1 Å². The number of hydrogen-bond donors (Lipinski definition) is 3. The first-order chi connectivity index (χ1) is 17.1. The summed E-state index contributed by atoms with van der Waals surface area (Å²) < 4.78 is 55.0. The Morgan fingerprint density at radius 1 is 0.583 bits per heavy atom. The van der Waals surface area contributed by atoms with Gasteiger partial charge < -0.3 is 5.32 Å². The number of amides is 1. The second kappa shape index (κ2) is 10.4. The lowest BCUT2D eigenvalue weighted by molar-refractivity contribution is 0.102. The van der Waals surface area contributed by atoms with Crippen LogP contribution in [0.2, 0.25) is 5.02 Å². The average Bonchev–Trinajstić information content (AvgIpc) is 2.86. The molecule has 0 unspecified atom stereocenters. The molecule has 0 aliphatic heterocycles. The second-order valence-corrected chi connectivity index (χ2v) is 11.3. The number of rotatable bonds is 8. The number of benzene rings is 4. The number of sulfonamides is 2. The molecule has 8 nitrogen and oxygen atoms in total. The van der Waals surface area contributed by atoms with Crippen molar-refractivity contribution < 1.29 is 21.6 Å². The van der Waals surface area contributed by atoms with E-state index in [-0.39, 0.29) is 26.1 Å². The van der Waals surface area contributed by atoms with Crippen molar-refractivity contribution in [3.63, 3.8) is 0 Å². The largest absolute Gasteiger partial charge is 0.322 e. The lowest BCUT2D eigenvalue weighted by Crippen LogP contribution is -2.15. The van der Waals surface area contributed by atoms with E-state index < -0.39 is 26.0 Å². The standard InChI is InChI=1S/C25H20ClN3O5S2/c26-23-8-4-5-9-24(23)29-36(33,34)22-16-14-19(15-17-22)27-25(30)18-10-12-20(13-11-18)28-35(31,32)21-6-2-1-3-7-21/h1-17,28-29H,(H,27,30). The highest BCUT2D eigenvalue weighted by molar-refractivity contribution is 7.93. The molecule has 4 aromatic rings. The molecule has 1 amide bonds. The van der Waals surface area contributed by atoms with E-state index in [4.69, 9.17) is 11.6 Å². The molecule has 11 heteroatoms. The Bertz CT molecular complexity index is 1590. The van der Waals surface area contributed by atoms with Crippen molar-refractivity contribution in [1.29, 1.82) is 0 Å². The Morgan fingerprint density at radius 3 is 1.75 bits per heavy atom.